The van der Waals surface area contributed by atoms with Crippen molar-refractivity contribution in [3.8, 4) is 0 Å². The molecule has 180 valence electrons. The maximum atomic E-state index is 12.1. The molecule has 0 amide bonds. The van der Waals surface area contributed by atoms with Gasteiger partial charge in [-0.1, -0.05) is 53.7 Å². The Kier molecular flexibility index (Phi) is 6.34. The fraction of sp³-hybridized carbons (Fsp3) is 0.828. The van der Waals surface area contributed by atoms with E-state index in [9.17, 15) is 15.0 Å². The predicted molar refractivity (Wildman–Crippen MR) is 130 cm³/mol. The van der Waals surface area contributed by atoms with E-state index in [0.29, 0.717) is 59.8 Å². The Morgan fingerprint density at radius 2 is 1.78 bits per heavy atom. The highest BCUT2D eigenvalue weighted by Crippen LogP contribution is 2.68. The highest BCUT2D eigenvalue weighted by atomic mass is 16.5. The first-order chi connectivity index (χ1) is 14.9. The zero-order valence-electron chi connectivity index (χ0n) is 21.2. The van der Waals surface area contributed by atoms with Crippen molar-refractivity contribution in [1.29, 1.82) is 0 Å². The molecule has 0 saturated heterocycles. The molecular weight excluding hydrogens is 396 g/mol. The van der Waals surface area contributed by atoms with Gasteiger partial charge in [-0.05, 0) is 102 Å². The van der Waals surface area contributed by atoms with Crippen molar-refractivity contribution in [2.24, 2.45) is 52.3 Å². The van der Waals surface area contributed by atoms with Gasteiger partial charge < -0.3 is 10.2 Å². The van der Waals surface area contributed by atoms with Crippen LogP contribution in [0.4, 0.5) is 0 Å². The molecular formula is C29H46O3. The Hall–Kier alpha value is -0.930. The number of rotatable bonds is 5. The zero-order chi connectivity index (χ0) is 23.5. The number of carbonyl (C=O) groups excluding carboxylic acids is 1. The number of hydrogen-bond donors (Lipinski definition) is 2. The van der Waals surface area contributed by atoms with E-state index in [4.69, 9.17) is 0 Å². The van der Waals surface area contributed by atoms with Gasteiger partial charge in [-0.2, -0.15) is 0 Å². The topological polar surface area (TPSA) is 57.5 Å². The van der Waals surface area contributed by atoms with E-state index >= 15 is 0 Å². The first-order valence-corrected chi connectivity index (χ1v) is 13.3. The summed E-state index contributed by atoms with van der Waals surface area (Å²) in [5.41, 5.74) is 0.621. The van der Waals surface area contributed by atoms with Crippen molar-refractivity contribution in [2.75, 3.05) is 0 Å². The molecule has 0 aromatic rings. The molecule has 4 rings (SSSR count). The minimum atomic E-state index is -1.83. The van der Waals surface area contributed by atoms with E-state index < -0.39 is 5.79 Å². The lowest BCUT2D eigenvalue weighted by Gasteiger charge is -2.60. The van der Waals surface area contributed by atoms with E-state index in [0.717, 1.165) is 12.8 Å². The molecule has 2 N–H and O–H groups in total. The molecule has 0 aromatic carbocycles. The number of aliphatic hydroxyl groups is 2. The van der Waals surface area contributed by atoms with Gasteiger partial charge in [-0.25, -0.2) is 0 Å². The van der Waals surface area contributed by atoms with E-state index in [1.54, 1.807) is 6.08 Å². The summed E-state index contributed by atoms with van der Waals surface area (Å²) in [6.07, 6.45) is 14.3. The fourth-order valence-electron chi connectivity index (χ4n) is 8.86. The van der Waals surface area contributed by atoms with Crippen LogP contribution in [0.2, 0.25) is 0 Å². The molecule has 4 aliphatic carbocycles. The van der Waals surface area contributed by atoms with Gasteiger partial charge >= 0.3 is 0 Å². The summed E-state index contributed by atoms with van der Waals surface area (Å²) in [7, 11) is 0. The summed E-state index contributed by atoms with van der Waals surface area (Å²) in [4.78, 5) is 12.1. The van der Waals surface area contributed by atoms with Crippen molar-refractivity contribution >= 4 is 5.78 Å². The molecule has 0 bridgehead atoms. The molecule has 0 spiro atoms. The molecule has 4 aliphatic rings. The van der Waals surface area contributed by atoms with E-state index in [-0.39, 0.29) is 16.6 Å². The molecule has 8 unspecified atom stereocenters. The smallest absolute Gasteiger partial charge is 0.186 e. The molecule has 3 nitrogen and oxygen atoms in total. The lowest BCUT2D eigenvalue weighted by atomic mass is 9.45. The molecule has 0 radical (unpaired) electrons. The van der Waals surface area contributed by atoms with Gasteiger partial charge in [-0.15, -0.1) is 0 Å². The molecule has 0 heterocycles. The van der Waals surface area contributed by atoms with Crippen LogP contribution in [0.1, 0.15) is 92.9 Å². The van der Waals surface area contributed by atoms with Gasteiger partial charge in [0, 0.05) is 12.8 Å². The summed E-state index contributed by atoms with van der Waals surface area (Å²) >= 11 is 0. The second-order valence-electron chi connectivity index (χ2n) is 12.6. The maximum Gasteiger partial charge on any atom is 0.186 e. The van der Waals surface area contributed by atoms with Crippen LogP contribution in [0.15, 0.2) is 23.8 Å². The van der Waals surface area contributed by atoms with Gasteiger partial charge in [0.1, 0.15) is 0 Å². The number of ketones is 1. The van der Waals surface area contributed by atoms with E-state index in [1.807, 2.05) is 0 Å². The quantitative estimate of drug-likeness (QED) is 0.388. The average Bonchev–Trinajstić information content (AvgIpc) is 3.07. The summed E-state index contributed by atoms with van der Waals surface area (Å²) in [5, 5.41) is 22.2. The van der Waals surface area contributed by atoms with Crippen LogP contribution in [-0.2, 0) is 4.79 Å². The van der Waals surface area contributed by atoms with Crippen LogP contribution in [0.25, 0.3) is 0 Å². The van der Waals surface area contributed by atoms with Crippen LogP contribution < -0.4 is 0 Å². The number of allylic oxidation sites excluding steroid dienone is 2. The van der Waals surface area contributed by atoms with Crippen LogP contribution in [0.3, 0.4) is 0 Å². The van der Waals surface area contributed by atoms with Crippen LogP contribution in [0, 0.1) is 52.3 Å². The fourth-order valence-corrected chi connectivity index (χ4v) is 8.86. The highest BCUT2D eigenvalue weighted by Gasteiger charge is 2.63. The SMILES string of the molecule is CCC(C=CC(C)C1CCC2C3CC(O)(O)C4=CC(=O)CCC4(C)C3CCC12C)C(C)C. The third-order valence-electron chi connectivity index (χ3n) is 10.7. The Morgan fingerprint density at radius 1 is 1.06 bits per heavy atom. The van der Waals surface area contributed by atoms with Crippen molar-refractivity contribution < 1.29 is 15.0 Å². The maximum absolute atomic E-state index is 12.1. The molecule has 0 aliphatic heterocycles. The monoisotopic (exact) mass is 442 g/mol. The average molecular weight is 443 g/mol. The second-order valence-corrected chi connectivity index (χ2v) is 12.6. The summed E-state index contributed by atoms with van der Waals surface area (Å²) in [6.45, 7) is 14.0. The van der Waals surface area contributed by atoms with Gasteiger partial charge in [-0.3, -0.25) is 4.79 Å². The second kappa shape index (κ2) is 8.38. The lowest BCUT2D eigenvalue weighted by molar-refractivity contribution is -0.207. The first-order valence-electron chi connectivity index (χ1n) is 13.3. The first kappa shape index (κ1) is 24.2. The molecule has 8 atom stereocenters. The van der Waals surface area contributed by atoms with Gasteiger partial charge in [0.25, 0.3) is 0 Å². The third kappa shape index (κ3) is 3.76. The molecule has 3 fully saturated rings. The van der Waals surface area contributed by atoms with Crippen LogP contribution >= 0.6 is 0 Å². The number of hydrogen-bond acceptors (Lipinski definition) is 3. The third-order valence-corrected chi connectivity index (χ3v) is 10.7. The minimum absolute atomic E-state index is 0.0531. The predicted octanol–water partition coefficient (Wildman–Crippen LogP) is 6.30. The summed E-state index contributed by atoms with van der Waals surface area (Å²) in [5.74, 6) is 2.12. The van der Waals surface area contributed by atoms with Gasteiger partial charge in [0.2, 0.25) is 0 Å². The van der Waals surface area contributed by atoms with E-state index in [2.05, 4.69) is 53.7 Å². The van der Waals surface area contributed by atoms with Gasteiger partial charge in [0.05, 0.1) is 0 Å². The van der Waals surface area contributed by atoms with Crippen molar-refractivity contribution in [3.05, 3.63) is 23.8 Å². The normalized spacial score (nSPS) is 42.9. The van der Waals surface area contributed by atoms with Crippen LogP contribution in [-0.4, -0.2) is 21.8 Å². The molecule has 32 heavy (non-hydrogen) atoms. The van der Waals surface area contributed by atoms with Crippen LogP contribution in [0.5, 0.6) is 0 Å². The highest BCUT2D eigenvalue weighted by molar-refractivity contribution is 5.92. The Balaban J connectivity index is 1.59. The molecule has 3 heteroatoms. The zero-order valence-corrected chi connectivity index (χ0v) is 21.2. The van der Waals surface area contributed by atoms with Crippen molar-refractivity contribution in [2.45, 2.75) is 98.7 Å². The largest absolute Gasteiger partial charge is 0.362 e. The van der Waals surface area contributed by atoms with Gasteiger partial charge in [0.15, 0.2) is 11.6 Å². The standard InChI is InChI=1S/C29H46O3/c1-7-20(18(2)3)9-8-19(4)23-10-11-24-22-17-29(31,32)26-16-21(30)12-14-28(26,6)25(22)13-15-27(23,24)5/h8-9,16,18-20,22-25,31-32H,7,10-15,17H2,1-6H3. The minimum Gasteiger partial charge on any atom is -0.362 e. The van der Waals surface area contributed by atoms with E-state index in [1.165, 1.54) is 25.7 Å². The molecule has 3 saturated carbocycles. The van der Waals surface area contributed by atoms with Crippen molar-refractivity contribution in [3.63, 3.8) is 0 Å². The van der Waals surface area contributed by atoms with Crippen molar-refractivity contribution in [1.82, 2.24) is 0 Å². The number of fused-ring (bicyclic) bond motifs is 5. The summed E-state index contributed by atoms with van der Waals surface area (Å²) in [6, 6.07) is 0. The number of carbonyl (C=O) groups is 1. The Morgan fingerprint density at radius 3 is 2.44 bits per heavy atom. The molecule has 0 aromatic heterocycles. The summed E-state index contributed by atoms with van der Waals surface area (Å²) < 4.78 is 0. The lowest BCUT2D eigenvalue weighted by Crippen LogP contribution is -2.58. The Labute approximate surface area is 195 Å². The Bertz CT molecular complexity index is 792.